The number of anilines is 1. The van der Waals surface area contributed by atoms with E-state index in [1.807, 2.05) is 50.3 Å². The molecule has 2 heterocycles. The number of pyridine rings is 1. The largest absolute Gasteiger partial charge is 0.309 e. The molecule has 0 fully saturated rings. The van der Waals surface area contributed by atoms with Crippen LogP contribution in [0.25, 0.3) is 5.69 Å². The summed E-state index contributed by atoms with van der Waals surface area (Å²) in [7, 11) is 0. The molecule has 0 saturated carbocycles. The van der Waals surface area contributed by atoms with Crippen molar-refractivity contribution in [2.24, 2.45) is 5.92 Å². The van der Waals surface area contributed by atoms with Gasteiger partial charge < -0.3 is 4.90 Å². The predicted molar refractivity (Wildman–Crippen MR) is 96.3 cm³/mol. The summed E-state index contributed by atoms with van der Waals surface area (Å²) in [5.74, 6) is 0.106. The molecule has 1 amide bonds. The fourth-order valence-electron chi connectivity index (χ4n) is 2.43. The third-order valence-corrected chi connectivity index (χ3v) is 5.27. The maximum atomic E-state index is 12.8. The van der Waals surface area contributed by atoms with Gasteiger partial charge in [0.15, 0.2) is 0 Å². The lowest BCUT2D eigenvalue weighted by Crippen LogP contribution is -2.38. The quantitative estimate of drug-likeness (QED) is 0.814. The highest BCUT2D eigenvalue weighted by Crippen LogP contribution is 2.25. The van der Waals surface area contributed by atoms with E-state index in [1.165, 1.54) is 0 Å². The van der Waals surface area contributed by atoms with Gasteiger partial charge in [-0.3, -0.25) is 9.78 Å². The van der Waals surface area contributed by atoms with Crippen LogP contribution < -0.4 is 4.90 Å². The Kier molecular flexibility index (Phi) is 5.82. The first-order valence-corrected chi connectivity index (χ1v) is 9.09. The predicted octanol–water partition coefficient (Wildman–Crippen LogP) is 3.32. The minimum Gasteiger partial charge on any atom is -0.309 e. The van der Waals surface area contributed by atoms with Gasteiger partial charge in [0, 0.05) is 23.9 Å². The average molecular weight is 332 g/mol. The van der Waals surface area contributed by atoms with E-state index in [2.05, 4.69) is 17.0 Å². The fraction of sp³-hybridized carbons (Fsp3) is 0.471. The second-order valence-corrected chi connectivity index (χ2v) is 6.78. The number of carbonyl (C=O) groups is 1. The van der Waals surface area contributed by atoms with Crippen molar-refractivity contribution in [3.8, 4) is 5.69 Å². The summed E-state index contributed by atoms with van der Waals surface area (Å²) in [5.41, 5.74) is 2.59. The van der Waals surface area contributed by atoms with Crippen LogP contribution in [0.2, 0.25) is 0 Å². The van der Waals surface area contributed by atoms with E-state index in [9.17, 15) is 4.79 Å². The molecule has 5 nitrogen and oxygen atoms in total. The monoisotopic (exact) mass is 332 g/mol. The first-order chi connectivity index (χ1) is 11.0. The Labute approximate surface area is 142 Å². The Morgan fingerprint density at radius 1 is 1.43 bits per heavy atom. The molecule has 2 aromatic heterocycles. The third kappa shape index (κ3) is 3.75. The molecule has 2 atom stereocenters. The van der Waals surface area contributed by atoms with Gasteiger partial charge in [-0.1, -0.05) is 13.8 Å². The molecule has 0 N–H and O–H groups in total. The molecular weight excluding hydrogens is 308 g/mol. The summed E-state index contributed by atoms with van der Waals surface area (Å²) in [6, 6.07) is 3.82. The number of carbonyl (C=O) groups excluding carboxylic acids is 1. The summed E-state index contributed by atoms with van der Waals surface area (Å²) in [6.45, 7) is 8.64. The number of aryl methyl sites for hydroxylation is 1. The summed E-state index contributed by atoms with van der Waals surface area (Å²) in [4.78, 5) is 18.8. The van der Waals surface area contributed by atoms with Crippen molar-refractivity contribution in [2.45, 2.75) is 32.9 Å². The summed E-state index contributed by atoms with van der Waals surface area (Å²) >= 11 is 1.71. The maximum Gasteiger partial charge on any atom is 0.231 e. The Hall–Kier alpha value is -1.82. The van der Waals surface area contributed by atoms with Crippen LogP contribution >= 0.6 is 11.8 Å². The van der Waals surface area contributed by atoms with E-state index in [1.54, 1.807) is 28.8 Å². The third-order valence-electron chi connectivity index (χ3n) is 4.12. The second-order valence-electron chi connectivity index (χ2n) is 5.57. The van der Waals surface area contributed by atoms with Crippen LogP contribution in [-0.2, 0) is 4.79 Å². The van der Waals surface area contributed by atoms with E-state index in [0.717, 1.165) is 17.1 Å². The topological polar surface area (TPSA) is 51.0 Å². The molecule has 2 aromatic rings. The number of aromatic nitrogens is 3. The van der Waals surface area contributed by atoms with E-state index < -0.39 is 0 Å². The highest BCUT2D eigenvalue weighted by molar-refractivity contribution is 7.99. The fourth-order valence-corrected chi connectivity index (χ4v) is 2.96. The number of nitrogens with zero attached hydrogens (tertiary/aromatic N) is 4. The summed E-state index contributed by atoms with van der Waals surface area (Å²) in [6.07, 6.45) is 7.43. The Balaban J connectivity index is 2.32. The van der Waals surface area contributed by atoms with Crippen molar-refractivity contribution in [3.63, 3.8) is 0 Å². The standard InChI is InChI=1S/C17H24N4OS/c1-6-20(17(22)12(2)14(4)23-5)16-11-21(19-13(16)3)15-8-7-9-18-10-15/h7-12,14H,6H2,1-5H3. The molecule has 0 aliphatic carbocycles. The van der Waals surface area contributed by atoms with Crippen LogP contribution in [0.15, 0.2) is 30.7 Å². The maximum absolute atomic E-state index is 12.8. The smallest absolute Gasteiger partial charge is 0.231 e. The van der Waals surface area contributed by atoms with Crippen LogP contribution in [-0.4, -0.2) is 38.7 Å². The molecule has 0 bridgehead atoms. The zero-order chi connectivity index (χ0) is 17.0. The molecule has 0 saturated heterocycles. The van der Waals surface area contributed by atoms with Crippen molar-refractivity contribution < 1.29 is 4.79 Å². The minimum absolute atomic E-state index is 0.0360. The minimum atomic E-state index is -0.0360. The van der Waals surface area contributed by atoms with Gasteiger partial charge in [-0.2, -0.15) is 16.9 Å². The Morgan fingerprint density at radius 2 is 2.17 bits per heavy atom. The van der Waals surface area contributed by atoms with Crippen LogP contribution in [0.4, 0.5) is 5.69 Å². The lowest BCUT2D eigenvalue weighted by atomic mass is 10.1. The molecule has 0 aliphatic heterocycles. The van der Waals surface area contributed by atoms with E-state index in [4.69, 9.17) is 0 Å². The van der Waals surface area contributed by atoms with Crippen molar-refractivity contribution in [2.75, 3.05) is 17.7 Å². The second kappa shape index (κ2) is 7.64. The van der Waals surface area contributed by atoms with Crippen molar-refractivity contribution in [3.05, 3.63) is 36.4 Å². The first kappa shape index (κ1) is 17.5. The van der Waals surface area contributed by atoms with Crippen molar-refractivity contribution >= 4 is 23.4 Å². The zero-order valence-corrected chi connectivity index (χ0v) is 15.2. The van der Waals surface area contributed by atoms with Crippen molar-refractivity contribution in [1.29, 1.82) is 0 Å². The van der Waals surface area contributed by atoms with E-state index in [0.29, 0.717) is 6.54 Å². The van der Waals surface area contributed by atoms with Gasteiger partial charge in [-0.25, -0.2) is 4.68 Å². The molecule has 6 heteroatoms. The Bertz CT molecular complexity index is 656. The molecule has 0 aromatic carbocycles. The van der Waals surface area contributed by atoms with Gasteiger partial charge in [-0.15, -0.1) is 0 Å². The molecule has 2 unspecified atom stereocenters. The van der Waals surface area contributed by atoms with Gasteiger partial charge in [0.05, 0.1) is 29.5 Å². The van der Waals surface area contributed by atoms with Gasteiger partial charge in [-0.05, 0) is 32.2 Å². The van der Waals surface area contributed by atoms with Gasteiger partial charge in [0.25, 0.3) is 0 Å². The SMILES string of the molecule is CCN(C(=O)C(C)C(C)SC)c1cn(-c2cccnc2)nc1C. The number of rotatable bonds is 6. The molecule has 23 heavy (non-hydrogen) atoms. The van der Waals surface area contributed by atoms with Crippen LogP contribution in [0.1, 0.15) is 26.5 Å². The zero-order valence-electron chi connectivity index (χ0n) is 14.4. The summed E-state index contributed by atoms with van der Waals surface area (Å²) in [5, 5.41) is 4.82. The molecular formula is C17H24N4OS. The van der Waals surface area contributed by atoms with Crippen LogP contribution in [0, 0.1) is 12.8 Å². The number of hydrogen-bond donors (Lipinski definition) is 0. The van der Waals surface area contributed by atoms with Crippen molar-refractivity contribution in [1.82, 2.24) is 14.8 Å². The summed E-state index contributed by atoms with van der Waals surface area (Å²) < 4.78 is 1.77. The number of hydrogen-bond acceptors (Lipinski definition) is 4. The Morgan fingerprint density at radius 3 is 2.74 bits per heavy atom. The lowest BCUT2D eigenvalue weighted by molar-refractivity contribution is -0.121. The van der Waals surface area contributed by atoms with Gasteiger partial charge in [0.2, 0.25) is 5.91 Å². The average Bonchev–Trinajstić information content (AvgIpc) is 2.96. The molecule has 0 radical (unpaired) electrons. The van der Waals surface area contributed by atoms with Gasteiger partial charge >= 0.3 is 0 Å². The highest BCUT2D eigenvalue weighted by atomic mass is 32.2. The first-order valence-electron chi connectivity index (χ1n) is 7.80. The highest BCUT2D eigenvalue weighted by Gasteiger charge is 2.27. The number of thioether (sulfide) groups is 1. The molecule has 124 valence electrons. The lowest BCUT2D eigenvalue weighted by Gasteiger charge is -2.26. The van der Waals surface area contributed by atoms with Crippen LogP contribution in [0.5, 0.6) is 0 Å². The number of amides is 1. The van der Waals surface area contributed by atoms with Gasteiger partial charge in [0.1, 0.15) is 0 Å². The normalized spacial score (nSPS) is 13.6. The van der Waals surface area contributed by atoms with E-state index >= 15 is 0 Å². The molecule has 0 aliphatic rings. The van der Waals surface area contributed by atoms with E-state index in [-0.39, 0.29) is 17.1 Å². The molecule has 0 spiro atoms. The van der Waals surface area contributed by atoms with Crippen LogP contribution in [0.3, 0.4) is 0 Å². The molecule has 2 rings (SSSR count).